The van der Waals surface area contributed by atoms with Gasteiger partial charge in [-0.3, -0.25) is 0 Å². The van der Waals surface area contributed by atoms with Gasteiger partial charge in [-0.15, -0.1) is 0 Å². The molecule has 0 fully saturated rings. The Labute approximate surface area is 81.0 Å². The van der Waals surface area contributed by atoms with Crippen LogP contribution in [0.15, 0.2) is 24.3 Å². The molecule has 0 aliphatic rings. The zero-order valence-electron chi connectivity index (χ0n) is 8.80. The molecular weight excluding hydrogens is 158 g/mol. The summed E-state index contributed by atoms with van der Waals surface area (Å²) >= 11 is 0. The van der Waals surface area contributed by atoms with Crippen molar-refractivity contribution in [1.29, 1.82) is 0 Å². The zero-order valence-corrected chi connectivity index (χ0v) is 8.80. The Balaban J connectivity index is 2.74. The van der Waals surface area contributed by atoms with Gasteiger partial charge in [0.05, 0.1) is 0 Å². The van der Waals surface area contributed by atoms with Crippen molar-refractivity contribution in [2.45, 2.75) is 33.6 Å². The SMILES string of the molecule is CCC(C)(C)Cc1cccc(N)c1. The first-order valence-electron chi connectivity index (χ1n) is 4.88. The highest BCUT2D eigenvalue weighted by Crippen LogP contribution is 2.25. The average molecular weight is 177 g/mol. The molecule has 0 bridgehead atoms. The summed E-state index contributed by atoms with van der Waals surface area (Å²) in [6.07, 6.45) is 2.30. The molecule has 72 valence electrons. The molecule has 1 nitrogen and oxygen atoms in total. The van der Waals surface area contributed by atoms with Gasteiger partial charge < -0.3 is 5.73 Å². The van der Waals surface area contributed by atoms with E-state index in [1.165, 1.54) is 12.0 Å². The molecule has 0 atom stereocenters. The van der Waals surface area contributed by atoms with Gasteiger partial charge in [0.2, 0.25) is 0 Å². The summed E-state index contributed by atoms with van der Waals surface area (Å²) in [4.78, 5) is 0. The van der Waals surface area contributed by atoms with Crippen LogP contribution in [0.1, 0.15) is 32.8 Å². The Hall–Kier alpha value is -0.980. The van der Waals surface area contributed by atoms with Crippen molar-refractivity contribution in [1.82, 2.24) is 0 Å². The van der Waals surface area contributed by atoms with Gasteiger partial charge in [-0.1, -0.05) is 39.3 Å². The monoisotopic (exact) mass is 177 g/mol. The lowest BCUT2D eigenvalue weighted by atomic mass is 9.83. The first-order chi connectivity index (χ1) is 6.03. The summed E-state index contributed by atoms with van der Waals surface area (Å²) in [5.74, 6) is 0. The number of nitrogen functional groups attached to an aromatic ring is 1. The fourth-order valence-corrected chi connectivity index (χ4v) is 1.38. The van der Waals surface area contributed by atoms with E-state index in [4.69, 9.17) is 5.73 Å². The van der Waals surface area contributed by atoms with E-state index in [1.54, 1.807) is 0 Å². The second-order valence-corrected chi connectivity index (χ2v) is 4.44. The van der Waals surface area contributed by atoms with Crippen LogP contribution in [0.2, 0.25) is 0 Å². The molecule has 0 saturated carbocycles. The molecule has 1 aromatic carbocycles. The highest BCUT2D eigenvalue weighted by Gasteiger charge is 2.15. The predicted molar refractivity (Wildman–Crippen MR) is 58.6 cm³/mol. The van der Waals surface area contributed by atoms with Gasteiger partial charge in [0, 0.05) is 5.69 Å². The number of anilines is 1. The van der Waals surface area contributed by atoms with Gasteiger partial charge in [0.1, 0.15) is 0 Å². The normalized spacial score (nSPS) is 11.6. The maximum Gasteiger partial charge on any atom is 0.0316 e. The van der Waals surface area contributed by atoms with Gasteiger partial charge in [-0.2, -0.15) is 0 Å². The van der Waals surface area contributed by atoms with Crippen molar-refractivity contribution in [3.05, 3.63) is 29.8 Å². The molecule has 0 spiro atoms. The van der Waals surface area contributed by atoms with E-state index in [0.717, 1.165) is 12.1 Å². The smallest absolute Gasteiger partial charge is 0.0316 e. The minimum atomic E-state index is 0.383. The Morgan fingerprint density at radius 2 is 2.00 bits per heavy atom. The minimum absolute atomic E-state index is 0.383. The first kappa shape index (κ1) is 10.1. The predicted octanol–water partition coefficient (Wildman–Crippen LogP) is 3.25. The van der Waals surface area contributed by atoms with E-state index < -0.39 is 0 Å². The molecule has 0 saturated heterocycles. The lowest BCUT2D eigenvalue weighted by molar-refractivity contribution is 0.349. The standard InChI is InChI=1S/C12H19N/c1-4-12(2,3)9-10-6-5-7-11(13)8-10/h5-8H,4,9,13H2,1-3H3. The van der Waals surface area contributed by atoms with Gasteiger partial charge in [-0.05, 0) is 29.5 Å². The molecule has 0 unspecified atom stereocenters. The number of rotatable bonds is 3. The van der Waals surface area contributed by atoms with E-state index in [-0.39, 0.29) is 0 Å². The van der Waals surface area contributed by atoms with Crippen molar-refractivity contribution in [3.8, 4) is 0 Å². The molecule has 0 aliphatic heterocycles. The lowest BCUT2D eigenvalue weighted by Gasteiger charge is -2.22. The quantitative estimate of drug-likeness (QED) is 0.705. The molecule has 0 amide bonds. The van der Waals surface area contributed by atoms with Crippen molar-refractivity contribution in [3.63, 3.8) is 0 Å². The van der Waals surface area contributed by atoms with Crippen LogP contribution >= 0.6 is 0 Å². The van der Waals surface area contributed by atoms with Crippen LogP contribution in [0.3, 0.4) is 0 Å². The van der Waals surface area contributed by atoms with E-state index in [9.17, 15) is 0 Å². The summed E-state index contributed by atoms with van der Waals surface area (Å²) in [5, 5.41) is 0. The van der Waals surface area contributed by atoms with E-state index in [2.05, 4.69) is 32.9 Å². The summed E-state index contributed by atoms with van der Waals surface area (Å²) in [5.41, 5.74) is 8.31. The number of hydrogen-bond donors (Lipinski definition) is 1. The third-order valence-corrected chi connectivity index (χ3v) is 2.59. The van der Waals surface area contributed by atoms with Crippen LogP contribution in [0, 0.1) is 5.41 Å². The van der Waals surface area contributed by atoms with Crippen LogP contribution in [-0.2, 0) is 6.42 Å². The molecule has 0 radical (unpaired) electrons. The van der Waals surface area contributed by atoms with Crippen molar-refractivity contribution in [2.24, 2.45) is 5.41 Å². The molecule has 0 aromatic heterocycles. The molecule has 1 rings (SSSR count). The molecule has 2 N–H and O–H groups in total. The van der Waals surface area contributed by atoms with Crippen LogP contribution in [-0.4, -0.2) is 0 Å². The Morgan fingerprint density at radius 1 is 1.31 bits per heavy atom. The first-order valence-corrected chi connectivity index (χ1v) is 4.88. The topological polar surface area (TPSA) is 26.0 Å². The molecule has 13 heavy (non-hydrogen) atoms. The van der Waals surface area contributed by atoms with E-state index in [1.807, 2.05) is 12.1 Å². The molecular formula is C12H19N. The number of hydrogen-bond acceptors (Lipinski definition) is 1. The molecule has 0 aliphatic carbocycles. The zero-order chi connectivity index (χ0) is 9.90. The summed E-state index contributed by atoms with van der Waals surface area (Å²) in [7, 11) is 0. The largest absolute Gasteiger partial charge is 0.399 e. The third-order valence-electron chi connectivity index (χ3n) is 2.59. The van der Waals surface area contributed by atoms with Crippen molar-refractivity contribution >= 4 is 5.69 Å². The molecule has 0 heterocycles. The minimum Gasteiger partial charge on any atom is -0.399 e. The van der Waals surface area contributed by atoms with Crippen molar-refractivity contribution in [2.75, 3.05) is 5.73 Å². The van der Waals surface area contributed by atoms with E-state index >= 15 is 0 Å². The number of benzene rings is 1. The highest BCUT2D eigenvalue weighted by molar-refractivity contribution is 5.40. The maximum atomic E-state index is 5.72. The second-order valence-electron chi connectivity index (χ2n) is 4.44. The van der Waals surface area contributed by atoms with Gasteiger partial charge in [0.25, 0.3) is 0 Å². The summed E-state index contributed by atoms with van der Waals surface area (Å²) < 4.78 is 0. The van der Waals surface area contributed by atoms with Gasteiger partial charge in [0.15, 0.2) is 0 Å². The summed E-state index contributed by atoms with van der Waals surface area (Å²) in [6.45, 7) is 6.80. The van der Waals surface area contributed by atoms with Crippen LogP contribution < -0.4 is 5.73 Å². The second kappa shape index (κ2) is 3.82. The van der Waals surface area contributed by atoms with Crippen LogP contribution in [0.4, 0.5) is 5.69 Å². The Kier molecular flexibility index (Phi) is 2.97. The molecule has 1 heteroatoms. The Bertz CT molecular complexity index is 276. The fourth-order valence-electron chi connectivity index (χ4n) is 1.38. The number of nitrogens with two attached hydrogens (primary N) is 1. The third kappa shape index (κ3) is 3.10. The highest BCUT2D eigenvalue weighted by atomic mass is 14.5. The Morgan fingerprint density at radius 3 is 2.54 bits per heavy atom. The lowest BCUT2D eigenvalue weighted by Crippen LogP contribution is -2.13. The van der Waals surface area contributed by atoms with E-state index in [0.29, 0.717) is 5.41 Å². The fraction of sp³-hybridized carbons (Fsp3) is 0.500. The van der Waals surface area contributed by atoms with Crippen LogP contribution in [0.5, 0.6) is 0 Å². The van der Waals surface area contributed by atoms with Gasteiger partial charge >= 0.3 is 0 Å². The molecule has 1 aromatic rings. The maximum absolute atomic E-state index is 5.72. The van der Waals surface area contributed by atoms with Crippen LogP contribution in [0.25, 0.3) is 0 Å². The van der Waals surface area contributed by atoms with Gasteiger partial charge in [-0.25, -0.2) is 0 Å². The van der Waals surface area contributed by atoms with Crippen molar-refractivity contribution < 1.29 is 0 Å². The summed E-state index contributed by atoms with van der Waals surface area (Å²) in [6, 6.07) is 8.17. The average Bonchev–Trinajstić information content (AvgIpc) is 2.03.